The van der Waals surface area contributed by atoms with E-state index in [1.807, 2.05) is 0 Å². The molecule has 0 aliphatic carbocycles. The van der Waals surface area contributed by atoms with Crippen molar-refractivity contribution in [2.75, 3.05) is 6.61 Å². The Morgan fingerprint density at radius 2 is 2.25 bits per heavy atom. The molecule has 0 aromatic rings. The highest BCUT2D eigenvalue weighted by Gasteiger charge is 2.36. The Morgan fingerprint density at radius 1 is 1.67 bits per heavy atom. The lowest BCUT2D eigenvalue weighted by atomic mass is 9.86. The minimum absolute atomic E-state index is 0.188. The van der Waals surface area contributed by atoms with E-state index in [1.54, 1.807) is 21.7 Å². The molecule has 1 aliphatic heterocycles. The van der Waals surface area contributed by atoms with Gasteiger partial charge in [0.25, 0.3) is 0 Å². The summed E-state index contributed by atoms with van der Waals surface area (Å²) in [7, 11) is 1.73. The molecule has 0 bridgehead atoms. The van der Waals surface area contributed by atoms with Crippen LogP contribution in [0, 0.1) is 0 Å². The van der Waals surface area contributed by atoms with Crippen LogP contribution in [0.1, 0.15) is 13.8 Å². The van der Waals surface area contributed by atoms with Gasteiger partial charge in [-0.25, -0.2) is 0 Å². The monoisotopic (exact) mass is 172 g/mol. The first-order chi connectivity index (χ1) is 5.65. The Morgan fingerprint density at radius 3 is 2.67 bits per heavy atom. The van der Waals surface area contributed by atoms with Gasteiger partial charge >= 0.3 is 5.97 Å². The van der Waals surface area contributed by atoms with Crippen molar-refractivity contribution in [2.24, 2.45) is 0 Å². The van der Waals surface area contributed by atoms with Gasteiger partial charge in [-0.1, -0.05) is 0 Å². The second kappa shape index (κ2) is 3.91. The minimum atomic E-state index is -0.418. The first-order valence-electron chi connectivity index (χ1n) is 4.12. The minimum Gasteiger partial charge on any atom is -0.466 e. The molecule has 12 heavy (non-hydrogen) atoms. The number of ether oxygens (including phenoxy) is 3. The third-order valence-corrected chi connectivity index (χ3v) is 1.72. The molecule has 0 aromatic heterocycles. The fraction of sp³-hybridized carbons (Fsp3) is 0.857. The van der Waals surface area contributed by atoms with Crippen LogP contribution in [0.15, 0.2) is 0 Å². The molecule has 1 rings (SSSR count). The number of hydrogen-bond acceptors (Lipinski definition) is 4. The van der Waals surface area contributed by atoms with E-state index in [2.05, 4.69) is 0 Å². The lowest BCUT2D eigenvalue weighted by molar-refractivity contribution is -0.374. The zero-order valence-electron chi connectivity index (χ0n) is 7.57. The molecule has 4 nitrogen and oxygen atoms in total. The molecule has 0 amide bonds. The zero-order chi connectivity index (χ0) is 9.14. The fourth-order valence-electron chi connectivity index (χ4n) is 1.01. The summed E-state index contributed by atoms with van der Waals surface area (Å²) in [6.07, 6.45) is -0.606. The SMILES string of the molecule is BC(C(=O)OCC)C1OC(C)O1. The number of rotatable bonds is 3. The van der Waals surface area contributed by atoms with Gasteiger partial charge in [-0.05, 0) is 13.8 Å². The van der Waals surface area contributed by atoms with Gasteiger partial charge in [0.05, 0.1) is 12.4 Å². The number of hydrogen-bond donors (Lipinski definition) is 0. The van der Waals surface area contributed by atoms with E-state index < -0.39 is 6.29 Å². The quantitative estimate of drug-likeness (QED) is 0.432. The standard InChI is InChI=1S/C7H13BO4/c1-3-10-6(9)5(8)7-11-4(2)12-7/h4-5,7H,3,8H2,1-2H3. The van der Waals surface area contributed by atoms with Crippen molar-refractivity contribution in [3.63, 3.8) is 0 Å². The van der Waals surface area contributed by atoms with Gasteiger partial charge in [0, 0.05) is 0 Å². The Labute approximate surface area is 72.6 Å². The highest BCUT2D eigenvalue weighted by atomic mass is 16.9. The summed E-state index contributed by atoms with van der Waals surface area (Å²) in [6, 6.07) is 0. The van der Waals surface area contributed by atoms with Crippen LogP contribution in [0.2, 0.25) is 5.82 Å². The molecule has 0 saturated carbocycles. The van der Waals surface area contributed by atoms with Crippen LogP contribution in [0.5, 0.6) is 0 Å². The third-order valence-electron chi connectivity index (χ3n) is 1.72. The molecule has 68 valence electrons. The van der Waals surface area contributed by atoms with E-state index in [-0.39, 0.29) is 18.1 Å². The van der Waals surface area contributed by atoms with Gasteiger partial charge < -0.3 is 14.2 Å². The normalized spacial score (nSPS) is 30.5. The summed E-state index contributed by atoms with van der Waals surface area (Å²) >= 11 is 0. The Balaban J connectivity index is 2.27. The van der Waals surface area contributed by atoms with Gasteiger partial charge in [-0.3, -0.25) is 4.79 Å². The van der Waals surface area contributed by atoms with E-state index in [0.29, 0.717) is 6.61 Å². The van der Waals surface area contributed by atoms with Gasteiger partial charge in [0.15, 0.2) is 12.6 Å². The van der Waals surface area contributed by atoms with Crippen LogP contribution in [0.25, 0.3) is 0 Å². The molecular formula is C7H13BO4. The van der Waals surface area contributed by atoms with Crippen molar-refractivity contribution < 1.29 is 19.0 Å². The summed E-state index contributed by atoms with van der Waals surface area (Å²) in [4.78, 5) is 11.1. The second-order valence-corrected chi connectivity index (χ2v) is 2.75. The summed E-state index contributed by atoms with van der Waals surface area (Å²) in [5, 5.41) is 0. The molecule has 1 fully saturated rings. The van der Waals surface area contributed by atoms with Crippen molar-refractivity contribution >= 4 is 13.8 Å². The fourth-order valence-corrected chi connectivity index (χ4v) is 1.01. The Bertz CT molecular complexity index is 167. The highest BCUT2D eigenvalue weighted by Crippen LogP contribution is 2.25. The largest absolute Gasteiger partial charge is 0.466 e. The first kappa shape index (κ1) is 9.54. The van der Waals surface area contributed by atoms with Crippen LogP contribution in [0.3, 0.4) is 0 Å². The van der Waals surface area contributed by atoms with Crippen molar-refractivity contribution in [3.05, 3.63) is 0 Å². The lowest BCUT2D eigenvalue weighted by Gasteiger charge is -2.36. The van der Waals surface area contributed by atoms with Gasteiger partial charge in [0.1, 0.15) is 7.85 Å². The van der Waals surface area contributed by atoms with E-state index in [4.69, 9.17) is 14.2 Å². The topological polar surface area (TPSA) is 44.8 Å². The van der Waals surface area contributed by atoms with E-state index in [1.165, 1.54) is 0 Å². The van der Waals surface area contributed by atoms with Crippen molar-refractivity contribution in [1.29, 1.82) is 0 Å². The predicted octanol–water partition coefficient (Wildman–Crippen LogP) is -0.310. The number of carbonyl (C=O) groups excluding carboxylic acids is 1. The smallest absolute Gasteiger partial charge is 0.305 e. The zero-order valence-corrected chi connectivity index (χ0v) is 7.57. The molecule has 0 spiro atoms. The lowest BCUT2D eigenvalue weighted by Crippen LogP contribution is -2.44. The van der Waals surface area contributed by atoms with Crippen molar-refractivity contribution in [2.45, 2.75) is 32.2 Å². The van der Waals surface area contributed by atoms with Crippen LogP contribution in [0.4, 0.5) is 0 Å². The maximum Gasteiger partial charge on any atom is 0.305 e. The maximum absolute atomic E-state index is 11.1. The maximum atomic E-state index is 11.1. The van der Waals surface area contributed by atoms with E-state index >= 15 is 0 Å². The molecule has 0 aromatic carbocycles. The van der Waals surface area contributed by atoms with Gasteiger partial charge in [0.2, 0.25) is 0 Å². The van der Waals surface area contributed by atoms with Crippen LogP contribution in [-0.4, -0.2) is 33.0 Å². The van der Waals surface area contributed by atoms with E-state index in [0.717, 1.165) is 0 Å². The van der Waals surface area contributed by atoms with Gasteiger partial charge in [-0.15, -0.1) is 0 Å². The number of esters is 1. The summed E-state index contributed by atoms with van der Waals surface area (Å²) in [6.45, 7) is 3.95. The molecule has 5 heteroatoms. The predicted molar refractivity (Wildman–Crippen MR) is 44.3 cm³/mol. The molecule has 1 atom stereocenters. The molecule has 1 heterocycles. The molecule has 1 aliphatic rings. The van der Waals surface area contributed by atoms with Crippen LogP contribution >= 0.6 is 0 Å². The van der Waals surface area contributed by atoms with Crippen LogP contribution < -0.4 is 0 Å². The Kier molecular flexibility index (Phi) is 3.11. The molecule has 0 radical (unpaired) electrons. The van der Waals surface area contributed by atoms with Crippen molar-refractivity contribution in [1.82, 2.24) is 0 Å². The average molecular weight is 172 g/mol. The number of carbonyl (C=O) groups is 1. The molecular weight excluding hydrogens is 159 g/mol. The summed E-state index contributed by atoms with van der Waals surface area (Å²) in [5.74, 6) is -0.601. The highest BCUT2D eigenvalue weighted by molar-refractivity contribution is 6.23. The second-order valence-electron chi connectivity index (χ2n) is 2.75. The summed E-state index contributed by atoms with van der Waals surface area (Å²) in [5.41, 5.74) is 0. The summed E-state index contributed by atoms with van der Waals surface area (Å²) < 4.78 is 15.1. The van der Waals surface area contributed by atoms with Crippen molar-refractivity contribution in [3.8, 4) is 0 Å². The molecule has 0 N–H and O–H groups in total. The first-order valence-corrected chi connectivity index (χ1v) is 4.12. The molecule has 1 unspecified atom stereocenters. The van der Waals surface area contributed by atoms with E-state index in [9.17, 15) is 4.79 Å². The molecule has 1 saturated heterocycles. The average Bonchev–Trinajstić information content (AvgIpc) is 1.98. The van der Waals surface area contributed by atoms with Gasteiger partial charge in [-0.2, -0.15) is 0 Å². The van der Waals surface area contributed by atoms with Crippen LogP contribution in [-0.2, 0) is 19.0 Å². The third kappa shape index (κ3) is 1.98. The Hall–Kier alpha value is -0.545.